The number of benzene rings is 2. The first-order valence-corrected chi connectivity index (χ1v) is 9.07. The number of carbonyl (C=O) groups excluding carboxylic acids is 1. The maximum absolute atomic E-state index is 12.8. The van der Waals surface area contributed by atoms with Crippen LogP contribution in [0.5, 0.6) is 5.75 Å². The lowest BCUT2D eigenvalue weighted by atomic mass is 10.1. The largest absolute Gasteiger partial charge is 0.489 e. The Morgan fingerprint density at radius 3 is 2.61 bits per heavy atom. The highest BCUT2D eigenvalue weighted by molar-refractivity contribution is 6.07. The Morgan fingerprint density at radius 1 is 1.04 bits per heavy atom. The molecule has 0 unspecified atom stereocenters. The van der Waals surface area contributed by atoms with Gasteiger partial charge in [0.05, 0.1) is 5.56 Å². The van der Waals surface area contributed by atoms with Crippen LogP contribution in [0.2, 0.25) is 0 Å². The van der Waals surface area contributed by atoms with Gasteiger partial charge in [0.1, 0.15) is 23.7 Å². The van der Waals surface area contributed by atoms with E-state index in [1.165, 1.54) is 0 Å². The van der Waals surface area contributed by atoms with Crippen LogP contribution in [0.4, 0.5) is 0 Å². The summed E-state index contributed by atoms with van der Waals surface area (Å²) in [6.07, 6.45) is 3.41. The van der Waals surface area contributed by atoms with Crippen molar-refractivity contribution in [2.75, 3.05) is 0 Å². The number of fused-ring (bicyclic) bond motifs is 1. The third kappa shape index (κ3) is 3.88. The van der Waals surface area contributed by atoms with Crippen molar-refractivity contribution in [1.82, 2.24) is 10.3 Å². The van der Waals surface area contributed by atoms with E-state index < -0.39 is 0 Å². The summed E-state index contributed by atoms with van der Waals surface area (Å²) in [6, 6.07) is 19.2. The van der Waals surface area contributed by atoms with Crippen molar-refractivity contribution in [3.05, 3.63) is 95.5 Å². The minimum Gasteiger partial charge on any atom is -0.489 e. The van der Waals surface area contributed by atoms with Gasteiger partial charge >= 0.3 is 0 Å². The summed E-state index contributed by atoms with van der Waals surface area (Å²) in [4.78, 5) is 16.8. The zero-order valence-corrected chi connectivity index (χ0v) is 15.5. The number of nitrogens with one attached hydrogen (secondary N) is 1. The molecule has 28 heavy (non-hydrogen) atoms. The van der Waals surface area contributed by atoms with E-state index in [0.717, 1.165) is 16.5 Å². The van der Waals surface area contributed by atoms with Crippen molar-refractivity contribution in [3.8, 4) is 5.75 Å². The van der Waals surface area contributed by atoms with Crippen LogP contribution in [0.3, 0.4) is 0 Å². The maximum Gasteiger partial charge on any atom is 0.255 e. The van der Waals surface area contributed by atoms with E-state index in [4.69, 9.17) is 9.15 Å². The second kappa shape index (κ2) is 7.96. The van der Waals surface area contributed by atoms with Crippen molar-refractivity contribution in [2.45, 2.75) is 20.1 Å². The van der Waals surface area contributed by atoms with Gasteiger partial charge in [-0.3, -0.25) is 9.78 Å². The van der Waals surface area contributed by atoms with Crippen molar-refractivity contribution >= 4 is 16.9 Å². The van der Waals surface area contributed by atoms with Crippen LogP contribution >= 0.6 is 0 Å². The highest BCUT2D eigenvalue weighted by Crippen LogP contribution is 2.29. The zero-order valence-electron chi connectivity index (χ0n) is 15.5. The number of aryl methyl sites for hydroxylation is 1. The molecule has 0 aliphatic heterocycles. The number of ether oxygens (including phenoxy) is 1. The van der Waals surface area contributed by atoms with Crippen LogP contribution in [-0.4, -0.2) is 10.9 Å². The van der Waals surface area contributed by atoms with Gasteiger partial charge in [0.25, 0.3) is 5.91 Å². The quantitative estimate of drug-likeness (QED) is 0.535. The summed E-state index contributed by atoms with van der Waals surface area (Å²) in [5.74, 6) is 1.11. The second-order valence-corrected chi connectivity index (χ2v) is 6.50. The molecular weight excluding hydrogens is 352 g/mol. The molecule has 0 aliphatic rings. The summed E-state index contributed by atoms with van der Waals surface area (Å²) >= 11 is 0. The van der Waals surface area contributed by atoms with Gasteiger partial charge in [-0.15, -0.1) is 0 Å². The van der Waals surface area contributed by atoms with E-state index in [1.807, 2.05) is 60.7 Å². The minimum absolute atomic E-state index is 0.173. The summed E-state index contributed by atoms with van der Waals surface area (Å²) in [5, 5.41) is 3.69. The number of hydrogen-bond acceptors (Lipinski definition) is 4. The average Bonchev–Trinajstić information content (AvgIpc) is 3.07. The molecule has 0 saturated carbocycles. The van der Waals surface area contributed by atoms with Gasteiger partial charge in [-0.1, -0.05) is 30.3 Å². The molecule has 0 saturated heterocycles. The predicted octanol–water partition coefficient (Wildman–Crippen LogP) is 4.65. The average molecular weight is 372 g/mol. The molecule has 2 aromatic heterocycles. The topological polar surface area (TPSA) is 64.4 Å². The van der Waals surface area contributed by atoms with Crippen LogP contribution in [0.15, 0.2) is 77.5 Å². The fourth-order valence-corrected chi connectivity index (χ4v) is 3.08. The van der Waals surface area contributed by atoms with Gasteiger partial charge in [-0.25, -0.2) is 0 Å². The number of rotatable bonds is 6. The van der Waals surface area contributed by atoms with Gasteiger partial charge in [0, 0.05) is 24.3 Å². The summed E-state index contributed by atoms with van der Waals surface area (Å²) in [5.41, 5.74) is 3.27. The van der Waals surface area contributed by atoms with E-state index in [0.29, 0.717) is 35.8 Å². The normalized spacial score (nSPS) is 10.8. The molecule has 0 fully saturated rings. The zero-order chi connectivity index (χ0) is 19.3. The van der Waals surface area contributed by atoms with E-state index in [-0.39, 0.29) is 5.91 Å². The van der Waals surface area contributed by atoms with Crippen LogP contribution in [0, 0.1) is 6.92 Å². The molecule has 2 heterocycles. The lowest BCUT2D eigenvalue weighted by Gasteiger charge is -2.07. The Kier molecular flexibility index (Phi) is 5.06. The molecule has 0 aliphatic carbocycles. The van der Waals surface area contributed by atoms with Crippen LogP contribution in [0.25, 0.3) is 11.0 Å². The molecule has 2 aromatic carbocycles. The second-order valence-electron chi connectivity index (χ2n) is 6.50. The molecule has 1 amide bonds. The molecule has 140 valence electrons. The van der Waals surface area contributed by atoms with Gasteiger partial charge in [-0.2, -0.15) is 0 Å². The molecule has 5 heteroatoms. The predicted molar refractivity (Wildman–Crippen MR) is 107 cm³/mol. The number of aromatic nitrogens is 1. The molecule has 5 nitrogen and oxygen atoms in total. The monoisotopic (exact) mass is 372 g/mol. The first-order valence-electron chi connectivity index (χ1n) is 9.07. The molecular formula is C23H20N2O3. The standard InChI is InChI=1S/C23H20N2O3/c1-16-22(23(26)25-14-17-9-11-24-12-10-17)20-13-19(7-8-21(20)28-16)27-15-18-5-3-2-4-6-18/h2-13H,14-15H2,1H3,(H,25,26). The molecule has 4 rings (SSSR count). The van der Waals surface area contributed by atoms with Crippen LogP contribution in [0.1, 0.15) is 27.2 Å². The highest BCUT2D eigenvalue weighted by Gasteiger charge is 2.18. The maximum atomic E-state index is 12.8. The number of furan rings is 1. The lowest BCUT2D eigenvalue weighted by Crippen LogP contribution is -2.23. The molecule has 0 radical (unpaired) electrons. The smallest absolute Gasteiger partial charge is 0.255 e. The van der Waals surface area contributed by atoms with E-state index in [2.05, 4.69) is 10.3 Å². The van der Waals surface area contributed by atoms with Crippen molar-refractivity contribution in [2.24, 2.45) is 0 Å². The molecule has 0 spiro atoms. The summed E-state index contributed by atoms with van der Waals surface area (Å²) in [7, 11) is 0. The molecule has 1 N–H and O–H groups in total. The number of pyridine rings is 1. The summed E-state index contributed by atoms with van der Waals surface area (Å²) in [6.45, 7) is 2.69. The minimum atomic E-state index is -0.173. The number of amides is 1. The summed E-state index contributed by atoms with van der Waals surface area (Å²) < 4.78 is 11.7. The SMILES string of the molecule is Cc1oc2ccc(OCc3ccccc3)cc2c1C(=O)NCc1ccncc1. The van der Waals surface area contributed by atoms with Crippen LogP contribution < -0.4 is 10.1 Å². The number of nitrogens with zero attached hydrogens (tertiary/aromatic N) is 1. The van der Waals surface area contributed by atoms with E-state index in [9.17, 15) is 4.79 Å². The Morgan fingerprint density at radius 2 is 1.82 bits per heavy atom. The van der Waals surface area contributed by atoms with Gasteiger partial charge < -0.3 is 14.5 Å². The van der Waals surface area contributed by atoms with Crippen molar-refractivity contribution in [1.29, 1.82) is 0 Å². The number of carbonyl (C=O) groups is 1. The third-order valence-corrected chi connectivity index (χ3v) is 4.51. The number of hydrogen-bond donors (Lipinski definition) is 1. The highest BCUT2D eigenvalue weighted by atomic mass is 16.5. The molecule has 0 atom stereocenters. The Bertz CT molecular complexity index is 1090. The Labute approximate surface area is 163 Å². The van der Waals surface area contributed by atoms with Crippen molar-refractivity contribution in [3.63, 3.8) is 0 Å². The van der Waals surface area contributed by atoms with Crippen LogP contribution in [-0.2, 0) is 13.2 Å². The lowest BCUT2D eigenvalue weighted by molar-refractivity contribution is 0.0951. The first kappa shape index (κ1) is 17.8. The Balaban J connectivity index is 1.54. The van der Waals surface area contributed by atoms with Crippen molar-refractivity contribution < 1.29 is 13.9 Å². The van der Waals surface area contributed by atoms with E-state index >= 15 is 0 Å². The van der Waals surface area contributed by atoms with Gasteiger partial charge in [0.2, 0.25) is 0 Å². The molecule has 0 bridgehead atoms. The first-order chi connectivity index (χ1) is 13.7. The fourth-order valence-electron chi connectivity index (χ4n) is 3.08. The third-order valence-electron chi connectivity index (χ3n) is 4.51. The van der Waals surface area contributed by atoms with E-state index in [1.54, 1.807) is 19.3 Å². The molecule has 4 aromatic rings. The van der Waals surface area contributed by atoms with Gasteiger partial charge in [0.15, 0.2) is 0 Å². The van der Waals surface area contributed by atoms with Gasteiger partial charge in [-0.05, 0) is 48.4 Å². The fraction of sp³-hybridized carbons (Fsp3) is 0.130. The Hall–Kier alpha value is -3.60.